The third-order valence-electron chi connectivity index (χ3n) is 2.91. The molecule has 0 saturated heterocycles. The number of ether oxygens (including phenoxy) is 1. The van der Waals surface area contributed by atoms with E-state index in [-0.39, 0.29) is 27.8 Å². The summed E-state index contributed by atoms with van der Waals surface area (Å²) in [6, 6.07) is 3.98. The lowest BCUT2D eigenvalue weighted by Crippen LogP contribution is -2.18. The number of aromatic nitrogens is 2. The molecule has 8 nitrogen and oxygen atoms in total. The van der Waals surface area contributed by atoms with Gasteiger partial charge in [-0.1, -0.05) is 11.6 Å². The molecule has 9 heteroatoms. The standard InChI is InChI=1S/C13H13ClN4O4/c1-3-17-12(11(14)7-15-17)13(19)16-8-4-9(18(20)21)6-10(5-8)22-2/h4-7H,3H2,1-2H3,(H,16,19). The van der Waals surface area contributed by atoms with Gasteiger partial charge in [0.15, 0.2) is 0 Å². The maximum Gasteiger partial charge on any atom is 0.275 e. The van der Waals surface area contributed by atoms with Crippen molar-refractivity contribution in [1.29, 1.82) is 0 Å². The third-order valence-corrected chi connectivity index (χ3v) is 3.18. The van der Waals surface area contributed by atoms with Gasteiger partial charge in [-0.25, -0.2) is 0 Å². The van der Waals surface area contributed by atoms with Gasteiger partial charge >= 0.3 is 0 Å². The van der Waals surface area contributed by atoms with Crippen molar-refractivity contribution in [3.8, 4) is 5.75 Å². The monoisotopic (exact) mass is 324 g/mol. The summed E-state index contributed by atoms with van der Waals surface area (Å²) in [6.45, 7) is 2.28. The van der Waals surface area contributed by atoms with Crippen LogP contribution in [-0.4, -0.2) is 27.7 Å². The molecule has 2 rings (SSSR count). The van der Waals surface area contributed by atoms with Gasteiger partial charge in [0.25, 0.3) is 11.6 Å². The molecule has 0 radical (unpaired) electrons. The molecule has 1 amide bonds. The van der Waals surface area contributed by atoms with Crippen LogP contribution < -0.4 is 10.1 Å². The lowest BCUT2D eigenvalue weighted by molar-refractivity contribution is -0.384. The molecular weight excluding hydrogens is 312 g/mol. The Morgan fingerprint density at radius 3 is 2.82 bits per heavy atom. The summed E-state index contributed by atoms with van der Waals surface area (Å²) in [5.74, 6) is -0.244. The molecule has 0 unspecified atom stereocenters. The van der Waals surface area contributed by atoms with E-state index < -0.39 is 10.8 Å². The average molecular weight is 325 g/mol. The van der Waals surface area contributed by atoms with Gasteiger partial charge in [0.1, 0.15) is 11.4 Å². The van der Waals surface area contributed by atoms with Gasteiger partial charge < -0.3 is 10.1 Å². The van der Waals surface area contributed by atoms with Gasteiger partial charge in [-0.05, 0) is 6.92 Å². The van der Waals surface area contributed by atoms with Gasteiger partial charge in [-0.3, -0.25) is 19.6 Å². The highest BCUT2D eigenvalue weighted by molar-refractivity contribution is 6.34. The van der Waals surface area contributed by atoms with Crippen LogP contribution in [0.4, 0.5) is 11.4 Å². The smallest absolute Gasteiger partial charge is 0.275 e. The van der Waals surface area contributed by atoms with Gasteiger partial charge in [-0.15, -0.1) is 0 Å². The summed E-state index contributed by atoms with van der Waals surface area (Å²) in [7, 11) is 1.38. The molecule has 1 heterocycles. The summed E-state index contributed by atoms with van der Waals surface area (Å²) in [4.78, 5) is 22.6. The Bertz CT molecular complexity index is 729. The number of nitrogens with zero attached hydrogens (tertiary/aromatic N) is 3. The Kier molecular flexibility index (Phi) is 4.62. The number of hydrogen-bond donors (Lipinski definition) is 1. The van der Waals surface area contributed by atoms with E-state index in [1.165, 1.54) is 36.2 Å². The van der Waals surface area contributed by atoms with Gasteiger partial charge in [-0.2, -0.15) is 5.10 Å². The van der Waals surface area contributed by atoms with Crippen molar-refractivity contribution in [2.45, 2.75) is 13.5 Å². The van der Waals surface area contributed by atoms with Gasteiger partial charge in [0.05, 0.1) is 35.0 Å². The Morgan fingerprint density at radius 2 is 2.23 bits per heavy atom. The fourth-order valence-corrected chi connectivity index (χ4v) is 2.12. The zero-order valence-electron chi connectivity index (χ0n) is 11.9. The van der Waals surface area contributed by atoms with Gasteiger partial charge in [0, 0.05) is 18.7 Å². The number of benzene rings is 1. The zero-order valence-corrected chi connectivity index (χ0v) is 12.6. The molecule has 0 spiro atoms. The number of methoxy groups -OCH3 is 1. The van der Waals surface area contributed by atoms with E-state index in [0.717, 1.165) is 0 Å². The SMILES string of the molecule is CCn1ncc(Cl)c1C(=O)Nc1cc(OC)cc([N+](=O)[O-])c1. The van der Waals surface area contributed by atoms with Crippen molar-refractivity contribution in [1.82, 2.24) is 9.78 Å². The Labute approximate surface area is 130 Å². The number of non-ortho nitro benzene ring substituents is 1. The first-order chi connectivity index (χ1) is 10.5. The van der Waals surface area contributed by atoms with E-state index in [2.05, 4.69) is 10.4 Å². The van der Waals surface area contributed by atoms with Crippen molar-refractivity contribution in [3.05, 3.63) is 45.2 Å². The largest absolute Gasteiger partial charge is 0.496 e. The fourth-order valence-electron chi connectivity index (χ4n) is 1.90. The molecule has 22 heavy (non-hydrogen) atoms. The molecule has 0 saturated carbocycles. The summed E-state index contributed by atoms with van der Waals surface area (Å²) in [6.07, 6.45) is 1.37. The highest BCUT2D eigenvalue weighted by atomic mass is 35.5. The normalized spacial score (nSPS) is 10.3. The molecule has 1 N–H and O–H groups in total. The van der Waals surface area contributed by atoms with Crippen molar-refractivity contribution in [2.75, 3.05) is 12.4 Å². The first-order valence-corrected chi connectivity index (χ1v) is 6.70. The Morgan fingerprint density at radius 1 is 1.50 bits per heavy atom. The van der Waals surface area contributed by atoms with Gasteiger partial charge in [0.2, 0.25) is 0 Å². The second kappa shape index (κ2) is 6.44. The molecule has 0 aliphatic rings. The molecule has 0 aliphatic heterocycles. The van der Waals surface area contributed by atoms with Crippen LogP contribution in [0.3, 0.4) is 0 Å². The van der Waals surface area contributed by atoms with Crippen molar-refractivity contribution < 1.29 is 14.5 Å². The third kappa shape index (κ3) is 3.17. The molecular formula is C13H13ClN4O4. The highest BCUT2D eigenvalue weighted by Crippen LogP contribution is 2.26. The maximum atomic E-state index is 12.3. The number of rotatable bonds is 5. The Balaban J connectivity index is 2.33. The van der Waals surface area contributed by atoms with Crippen LogP contribution in [0.25, 0.3) is 0 Å². The molecule has 1 aromatic carbocycles. The number of carbonyl (C=O) groups is 1. The molecule has 0 bridgehead atoms. The average Bonchev–Trinajstić information content (AvgIpc) is 2.87. The van der Waals surface area contributed by atoms with Crippen LogP contribution in [-0.2, 0) is 6.54 Å². The lowest BCUT2D eigenvalue weighted by Gasteiger charge is -2.09. The predicted octanol–water partition coefficient (Wildman–Crippen LogP) is 2.73. The van der Waals surface area contributed by atoms with Crippen molar-refractivity contribution in [2.24, 2.45) is 0 Å². The number of aryl methyl sites for hydroxylation is 1. The lowest BCUT2D eigenvalue weighted by atomic mass is 10.2. The minimum Gasteiger partial charge on any atom is -0.496 e. The van der Waals surface area contributed by atoms with E-state index in [4.69, 9.17) is 16.3 Å². The summed E-state index contributed by atoms with van der Waals surface area (Å²) in [5, 5.41) is 17.6. The van der Waals surface area contributed by atoms with E-state index >= 15 is 0 Å². The number of nitrogens with one attached hydrogen (secondary N) is 1. The number of anilines is 1. The summed E-state index contributed by atoms with van der Waals surface area (Å²) < 4.78 is 6.42. The number of halogens is 1. The fraction of sp³-hybridized carbons (Fsp3) is 0.231. The van der Waals surface area contributed by atoms with Crippen molar-refractivity contribution >= 4 is 28.9 Å². The molecule has 1 aromatic heterocycles. The summed E-state index contributed by atoms with van der Waals surface area (Å²) >= 11 is 5.95. The molecule has 116 valence electrons. The topological polar surface area (TPSA) is 99.3 Å². The predicted molar refractivity (Wildman–Crippen MR) is 80.5 cm³/mol. The number of amides is 1. The Hall–Kier alpha value is -2.61. The van der Waals surface area contributed by atoms with Crippen LogP contribution in [0.5, 0.6) is 5.75 Å². The second-order valence-corrected chi connectivity index (χ2v) is 4.70. The minimum atomic E-state index is -0.568. The molecule has 0 aliphatic carbocycles. The zero-order chi connectivity index (χ0) is 16.3. The van der Waals surface area contributed by atoms with E-state index in [1.54, 1.807) is 0 Å². The first-order valence-electron chi connectivity index (χ1n) is 6.32. The number of nitro groups is 1. The minimum absolute atomic E-state index is 0.189. The van der Waals surface area contributed by atoms with Crippen LogP contribution in [0.2, 0.25) is 5.02 Å². The van der Waals surface area contributed by atoms with Crippen LogP contribution in [0.15, 0.2) is 24.4 Å². The molecule has 0 atom stereocenters. The number of carbonyl (C=O) groups excluding carboxylic acids is 1. The first kappa shape index (κ1) is 15.8. The quantitative estimate of drug-likeness (QED) is 0.673. The van der Waals surface area contributed by atoms with E-state index in [0.29, 0.717) is 6.54 Å². The second-order valence-electron chi connectivity index (χ2n) is 4.29. The van der Waals surface area contributed by atoms with Crippen LogP contribution in [0.1, 0.15) is 17.4 Å². The number of nitro benzene ring substituents is 1. The van der Waals surface area contributed by atoms with Crippen LogP contribution >= 0.6 is 11.6 Å². The number of hydrogen-bond acceptors (Lipinski definition) is 5. The maximum absolute atomic E-state index is 12.3. The summed E-state index contributed by atoms with van der Waals surface area (Å²) in [5.41, 5.74) is 0.232. The molecule has 2 aromatic rings. The van der Waals surface area contributed by atoms with E-state index in [9.17, 15) is 14.9 Å². The highest BCUT2D eigenvalue weighted by Gasteiger charge is 2.18. The van der Waals surface area contributed by atoms with Crippen molar-refractivity contribution in [3.63, 3.8) is 0 Å². The van der Waals surface area contributed by atoms with Crippen LogP contribution in [0, 0.1) is 10.1 Å². The molecule has 0 fully saturated rings. The van der Waals surface area contributed by atoms with E-state index in [1.807, 2.05) is 6.92 Å².